The highest BCUT2D eigenvalue weighted by atomic mass is 32.2. The van der Waals surface area contributed by atoms with Crippen molar-refractivity contribution in [2.75, 3.05) is 13.2 Å². The summed E-state index contributed by atoms with van der Waals surface area (Å²) < 4.78 is 5.44. The molecule has 2 aromatic rings. The van der Waals surface area contributed by atoms with Crippen LogP contribution in [0, 0.1) is 0 Å². The first-order valence-corrected chi connectivity index (χ1v) is 6.97. The van der Waals surface area contributed by atoms with E-state index in [0.717, 1.165) is 11.5 Å². The van der Waals surface area contributed by atoms with Crippen molar-refractivity contribution in [3.63, 3.8) is 0 Å². The van der Waals surface area contributed by atoms with E-state index in [-0.39, 0.29) is 0 Å². The second-order valence-corrected chi connectivity index (χ2v) is 4.93. The third-order valence-electron chi connectivity index (χ3n) is 2.46. The van der Waals surface area contributed by atoms with Gasteiger partial charge >= 0.3 is 0 Å². The second kappa shape index (κ2) is 7.09. The van der Waals surface area contributed by atoms with Crippen LogP contribution in [0.15, 0.2) is 59.5 Å². The molecule has 0 amide bonds. The molecule has 0 saturated heterocycles. The van der Waals surface area contributed by atoms with Crippen molar-refractivity contribution in [1.82, 2.24) is 0 Å². The fraction of sp³-hybridized carbons (Fsp3) is 0.200. The molecule has 0 radical (unpaired) electrons. The molecule has 0 spiro atoms. The molecule has 0 saturated carbocycles. The van der Waals surface area contributed by atoms with Crippen molar-refractivity contribution >= 4 is 11.8 Å². The Kier molecular flexibility index (Phi) is 5.12. The number of rotatable bonds is 6. The Labute approximate surface area is 112 Å². The Morgan fingerprint density at radius 3 is 2.33 bits per heavy atom. The second-order valence-electron chi connectivity index (χ2n) is 3.88. The van der Waals surface area contributed by atoms with Gasteiger partial charge in [-0.05, 0) is 29.8 Å². The number of ether oxygens (including phenoxy) is 1. The van der Waals surface area contributed by atoms with Gasteiger partial charge in [-0.1, -0.05) is 30.3 Å². The number of thioether (sulfide) groups is 1. The lowest BCUT2D eigenvalue weighted by molar-refractivity contribution is 0.328. The van der Waals surface area contributed by atoms with Gasteiger partial charge in [0, 0.05) is 17.2 Å². The van der Waals surface area contributed by atoms with Gasteiger partial charge in [-0.15, -0.1) is 11.8 Å². The molecular weight excluding hydrogens is 242 g/mol. The van der Waals surface area contributed by atoms with Gasteiger partial charge in [0.05, 0.1) is 0 Å². The molecule has 0 aliphatic rings. The maximum Gasteiger partial charge on any atom is 0.119 e. The SMILES string of the molecule is NCCOc1ccc(SCc2ccccc2)cc1. The summed E-state index contributed by atoms with van der Waals surface area (Å²) in [5.41, 5.74) is 6.73. The van der Waals surface area contributed by atoms with E-state index in [1.807, 2.05) is 30.0 Å². The highest BCUT2D eigenvalue weighted by molar-refractivity contribution is 7.98. The van der Waals surface area contributed by atoms with Crippen LogP contribution in [0.5, 0.6) is 5.75 Å². The lowest BCUT2D eigenvalue weighted by Gasteiger charge is -2.06. The van der Waals surface area contributed by atoms with E-state index in [4.69, 9.17) is 10.5 Å². The van der Waals surface area contributed by atoms with E-state index in [2.05, 4.69) is 36.4 Å². The summed E-state index contributed by atoms with van der Waals surface area (Å²) >= 11 is 1.83. The van der Waals surface area contributed by atoms with Gasteiger partial charge in [0.15, 0.2) is 0 Å². The van der Waals surface area contributed by atoms with Crippen molar-refractivity contribution in [3.05, 3.63) is 60.2 Å². The van der Waals surface area contributed by atoms with Gasteiger partial charge in [-0.25, -0.2) is 0 Å². The molecule has 0 aliphatic carbocycles. The normalized spacial score (nSPS) is 10.3. The zero-order valence-corrected chi connectivity index (χ0v) is 11.0. The summed E-state index contributed by atoms with van der Waals surface area (Å²) in [5.74, 6) is 1.87. The Morgan fingerprint density at radius 1 is 0.944 bits per heavy atom. The molecule has 0 aliphatic heterocycles. The summed E-state index contributed by atoms with van der Waals surface area (Å²) in [4.78, 5) is 1.25. The summed E-state index contributed by atoms with van der Waals surface area (Å²) in [6.07, 6.45) is 0. The van der Waals surface area contributed by atoms with Crippen molar-refractivity contribution < 1.29 is 4.74 Å². The first kappa shape index (κ1) is 13.0. The average Bonchev–Trinajstić information content (AvgIpc) is 2.45. The van der Waals surface area contributed by atoms with Crippen LogP contribution in [-0.2, 0) is 5.75 Å². The van der Waals surface area contributed by atoms with Gasteiger partial charge in [0.2, 0.25) is 0 Å². The molecular formula is C15H17NOS. The van der Waals surface area contributed by atoms with E-state index in [9.17, 15) is 0 Å². The standard InChI is InChI=1S/C15H17NOS/c16-10-11-17-14-6-8-15(9-7-14)18-12-13-4-2-1-3-5-13/h1-9H,10-12,16H2. The quantitative estimate of drug-likeness (QED) is 0.808. The van der Waals surface area contributed by atoms with E-state index in [0.29, 0.717) is 13.2 Å². The molecule has 0 bridgehead atoms. The molecule has 2 nitrogen and oxygen atoms in total. The van der Waals surface area contributed by atoms with Crippen LogP contribution in [0.25, 0.3) is 0 Å². The Bertz CT molecular complexity index is 456. The van der Waals surface area contributed by atoms with Crippen molar-refractivity contribution in [1.29, 1.82) is 0 Å². The van der Waals surface area contributed by atoms with Gasteiger partial charge in [0.25, 0.3) is 0 Å². The Balaban J connectivity index is 1.86. The third kappa shape index (κ3) is 4.09. The van der Waals surface area contributed by atoms with Crippen molar-refractivity contribution in [2.45, 2.75) is 10.6 Å². The summed E-state index contributed by atoms with van der Waals surface area (Å²) in [5, 5.41) is 0. The van der Waals surface area contributed by atoms with E-state index >= 15 is 0 Å². The summed E-state index contributed by atoms with van der Waals surface area (Å²) in [6, 6.07) is 18.6. The largest absolute Gasteiger partial charge is 0.492 e. The molecule has 2 aromatic carbocycles. The minimum atomic E-state index is 0.546. The molecule has 0 unspecified atom stereocenters. The maximum atomic E-state index is 5.44. The summed E-state index contributed by atoms with van der Waals surface area (Å²) in [6.45, 7) is 1.11. The predicted octanol–water partition coefficient (Wildman–Crippen LogP) is 3.32. The molecule has 94 valence electrons. The molecule has 0 atom stereocenters. The Morgan fingerprint density at radius 2 is 1.67 bits per heavy atom. The molecule has 0 heterocycles. The fourth-order valence-electron chi connectivity index (χ4n) is 1.55. The van der Waals surface area contributed by atoms with Crippen LogP contribution >= 0.6 is 11.8 Å². The molecule has 0 fully saturated rings. The highest BCUT2D eigenvalue weighted by Gasteiger charge is 1.97. The van der Waals surface area contributed by atoms with Crippen LogP contribution in [0.2, 0.25) is 0 Å². The van der Waals surface area contributed by atoms with Crippen LogP contribution in [-0.4, -0.2) is 13.2 Å². The van der Waals surface area contributed by atoms with Gasteiger partial charge in [-0.2, -0.15) is 0 Å². The van der Waals surface area contributed by atoms with Crippen LogP contribution in [0.4, 0.5) is 0 Å². The molecule has 3 heteroatoms. The molecule has 18 heavy (non-hydrogen) atoms. The first-order valence-electron chi connectivity index (χ1n) is 5.98. The lowest BCUT2D eigenvalue weighted by atomic mass is 10.2. The molecule has 2 N–H and O–H groups in total. The monoisotopic (exact) mass is 259 g/mol. The van der Waals surface area contributed by atoms with Gasteiger partial charge in [-0.3, -0.25) is 0 Å². The smallest absolute Gasteiger partial charge is 0.119 e. The zero-order chi connectivity index (χ0) is 12.6. The number of nitrogens with two attached hydrogens (primary N) is 1. The zero-order valence-electron chi connectivity index (χ0n) is 10.2. The highest BCUT2D eigenvalue weighted by Crippen LogP contribution is 2.24. The van der Waals surface area contributed by atoms with E-state index < -0.39 is 0 Å². The van der Waals surface area contributed by atoms with Crippen LogP contribution in [0.1, 0.15) is 5.56 Å². The van der Waals surface area contributed by atoms with Crippen LogP contribution in [0.3, 0.4) is 0 Å². The minimum Gasteiger partial charge on any atom is -0.492 e. The maximum absolute atomic E-state index is 5.44. The number of hydrogen-bond acceptors (Lipinski definition) is 3. The fourth-order valence-corrected chi connectivity index (χ4v) is 2.40. The number of hydrogen-bond donors (Lipinski definition) is 1. The topological polar surface area (TPSA) is 35.2 Å². The van der Waals surface area contributed by atoms with Gasteiger partial charge < -0.3 is 10.5 Å². The first-order chi connectivity index (χ1) is 8.88. The van der Waals surface area contributed by atoms with E-state index in [1.54, 1.807) is 0 Å². The van der Waals surface area contributed by atoms with Crippen molar-refractivity contribution in [3.8, 4) is 5.75 Å². The summed E-state index contributed by atoms with van der Waals surface area (Å²) in [7, 11) is 0. The van der Waals surface area contributed by atoms with E-state index in [1.165, 1.54) is 10.5 Å². The minimum absolute atomic E-state index is 0.546. The molecule has 0 aromatic heterocycles. The van der Waals surface area contributed by atoms with Crippen molar-refractivity contribution in [2.24, 2.45) is 5.73 Å². The Hall–Kier alpha value is -1.45. The molecule has 2 rings (SSSR count). The number of benzene rings is 2. The van der Waals surface area contributed by atoms with Gasteiger partial charge in [0.1, 0.15) is 12.4 Å². The van der Waals surface area contributed by atoms with Crippen LogP contribution < -0.4 is 10.5 Å². The average molecular weight is 259 g/mol. The third-order valence-corrected chi connectivity index (χ3v) is 3.54. The lowest BCUT2D eigenvalue weighted by Crippen LogP contribution is -2.10. The predicted molar refractivity (Wildman–Crippen MR) is 77.0 cm³/mol.